The fourth-order valence-corrected chi connectivity index (χ4v) is 3.61. The van der Waals surface area contributed by atoms with Gasteiger partial charge >= 0.3 is 0 Å². The molecule has 1 saturated heterocycles. The summed E-state index contributed by atoms with van der Waals surface area (Å²) < 4.78 is 16.9. The van der Waals surface area contributed by atoms with Crippen molar-refractivity contribution in [1.82, 2.24) is 14.9 Å². The molecular weight excluding hydrogens is 440 g/mol. The number of nitrogens with one attached hydrogen (secondary N) is 1. The highest BCUT2D eigenvalue weighted by Gasteiger charge is 2.13. The molecule has 3 aromatic rings. The minimum absolute atomic E-state index is 0.000980. The van der Waals surface area contributed by atoms with Crippen molar-refractivity contribution >= 4 is 28.6 Å². The molecule has 0 atom stereocenters. The van der Waals surface area contributed by atoms with Gasteiger partial charge in [-0.25, -0.2) is 9.97 Å². The standard InChI is InChI=1S/C23H26N6O5/c1-32-21-14-20-19(13-22(21)34-9-3-6-28-7-10-33-11-8-28)23(25-16-24-20)27-26-15-17-4-2-5-18(12-17)29(30)31/h2,4-5,12-16H,3,6-11H2,1H3,(H,24,25,27)/b26-15+. The molecule has 0 amide bonds. The fraction of sp³-hybridized carbons (Fsp3) is 0.348. The van der Waals surface area contributed by atoms with E-state index in [4.69, 9.17) is 14.2 Å². The van der Waals surface area contributed by atoms with E-state index in [-0.39, 0.29) is 5.69 Å². The van der Waals surface area contributed by atoms with Crippen LogP contribution in [0.15, 0.2) is 47.8 Å². The maximum atomic E-state index is 11.0. The number of morpholine rings is 1. The molecule has 1 aromatic heterocycles. The number of hydrogen-bond acceptors (Lipinski definition) is 10. The van der Waals surface area contributed by atoms with Gasteiger partial charge in [0, 0.05) is 48.8 Å². The highest BCUT2D eigenvalue weighted by Crippen LogP contribution is 2.34. The van der Waals surface area contributed by atoms with Crippen LogP contribution in [0.2, 0.25) is 0 Å². The normalized spacial score (nSPS) is 14.4. The van der Waals surface area contributed by atoms with Gasteiger partial charge in [-0.3, -0.25) is 20.4 Å². The van der Waals surface area contributed by atoms with E-state index in [9.17, 15) is 10.1 Å². The lowest BCUT2D eigenvalue weighted by molar-refractivity contribution is -0.384. The SMILES string of the molecule is COc1cc2ncnc(N/N=C/c3cccc([N+](=O)[O-])c3)c2cc1OCCCN1CCOCC1. The number of hydrazone groups is 1. The monoisotopic (exact) mass is 466 g/mol. The summed E-state index contributed by atoms with van der Waals surface area (Å²) in [6, 6.07) is 9.83. The number of nitrogens with zero attached hydrogens (tertiary/aromatic N) is 5. The molecular formula is C23H26N6O5. The van der Waals surface area contributed by atoms with Gasteiger partial charge in [-0.15, -0.1) is 0 Å². The van der Waals surface area contributed by atoms with Crippen LogP contribution in [0, 0.1) is 10.1 Å². The molecule has 1 aliphatic heterocycles. The molecule has 1 fully saturated rings. The maximum absolute atomic E-state index is 11.0. The van der Waals surface area contributed by atoms with Crippen molar-refractivity contribution in [2.45, 2.75) is 6.42 Å². The van der Waals surface area contributed by atoms with Gasteiger partial charge in [0.2, 0.25) is 0 Å². The summed E-state index contributed by atoms with van der Waals surface area (Å²) in [6.07, 6.45) is 3.80. The average molecular weight is 466 g/mol. The number of ether oxygens (including phenoxy) is 3. The summed E-state index contributed by atoms with van der Waals surface area (Å²) in [6.45, 7) is 4.94. The number of methoxy groups -OCH3 is 1. The Labute approximate surface area is 196 Å². The maximum Gasteiger partial charge on any atom is 0.270 e. The lowest BCUT2D eigenvalue weighted by atomic mass is 10.2. The first-order chi connectivity index (χ1) is 16.6. The van der Waals surface area contributed by atoms with Gasteiger partial charge in [-0.2, -0.15) is 5.10 Å². The molecule has 178 valence electrons. The van der Waals surface area contributed by atoms with Crippen molar-refractivity contribution in [1.29, 1.82) is 0 Å². The van der Waals surface area contributed by atoms with E-state index in [1.807, 2.05) is 6.07 Å². The van der Waals surface area contributed by atoms with E-state index in [0.29, 0.717) is 40.4 Å². The van der Waals surface area contributed by atoms with Crippen LogP contribution in [0.5, 0.6) is 11.5 Å². The Bertz CT molecular complexity index is 1170. The van der Waals surface area contributed by atoms with E-state index >= 15 is 0 Å². The zero-order valence-corrected chi connectivity index (χ0v) is 18.8. The van der Waals surface area contributed by atoms with Crippen LogP contribution in [-0.2, 0) is 4.74 Å². The summed E-state index contributed by atoms with van der Waals surface area (Å²) in [5.41, 5.74) is 4.15. The first-order valence-electron chi connectivity index (χ1n) is 10.9. The molecule has 1 aliphatic rings. The second-order valence-electron chi connectivity index (χ2n) is 7.62. The van der Waals surface area contributed by atoms with Crippen LogP contribution in [0.4, 0.5) is 11.5 Å². The van der Waals surface area contributed by atoms with Gasteiger partial charge in [0.05, 0.1) is 43.6 Å². The number of rotatable bonds is 10. The predicted molar refractivity (Wildman–Crippen MR) is 128 cm³/mol. The summed E-state index contributed by atoms with van der Waals surface area (Å²) in [5, 5.41) is 15.8. The van der Waals surface area contributed by atoms with Gasteiger partial charge < -0.3 is 14.2 Å². The van der Waals surface area contributed by atoms with Crippen molar-refractivity contribution in [2.75, 3.05) is 52.0 Å². The number of nitro groups is 1. The van der Waals surface area contributed by atoms with E-state index in [1.165, 1.54) is 24.7 Å². The number of fused-ring (bicyclic) bond motifs is 1. The van der Waals surface area contributed by atoms with Crippen molar-refractivity contribution in [2.24, 2.45) is 5.10 Å². The second kappa shape index (κ2) is 11.3. The van der Waals surface area contributed by atoms with E-state index in [1.54, 1.807) is 25.3 Å². The lowest BCUT2D eigenvalue weighted by Gasteiger charge is -2.26. The molecule has 34 heavy (non-hydrogen) atoms. The smallest absolute Gasteiger partial charge is 0.270 e. The Hall–Kier alpha value is -3.83. The molecule has 11 nitrogen and oxygen atoms in total. The highest BCUT2D eigenvalue weighted by molar-refractivity contribution is 5.92. The topological polar surface area (TPSA) is 124 Å². The fourth-order valence-electron chi connectivity index (χ4n) is 3.61. The Balaban J connectivity index is 1.46. The lowest BCUT2D eigenvalue weighted by Crippen LogP contribution is -2.37. The van der Waals surface area contributed by atoms with Crippen molar-refractivity contribution in [3.8, 4) is 11.5 Å². The molecule has 2 aromatic carbocycles. The van der Waals surface area contributed by atoms with E-state index in [0.717, 1.165) is 39.3 Å². The predicted octanol–water partition coefficient (Wildman–Crippen LogP) is 3.09. The zero-order valence-electron chi connectivity index (χ0n) is 18.8. The second-order valence-corrected chi connectivity index (χ2v) is 7.62. The number of hydrogen-bond donors (Lipinski definition) is 1. The molecule has 11 heteroatoms. The molecule has 0 spiro atoms. The van der Waals surface area contributed by atoms with Crippen molar-refractivity contribution < 1.29 is 19.1 Å². The van der Waals surface area contributed by atoms with Crippen LogP contribution in [0.25, 0.3) is 10.9 Å². The van der Waals surface area contributed by atoms with E-state index in [2.05, 4.69) is 25.4 Å². The van der Waals surface area contributed by atoms with Gasteiger partial charge in [0.15, 0.2) is 17.3 Å². The van der Waals surface area contributed by atoms with Gasteiger partial charge in [0.25, 0.3) is 5.69 Å². The third-order valence-corrected chi connectivity index (χ3v) is 5.37. The molecule has 2 heterocycles. The number of non-ortho nitro benzene ring substituents is 1. The van der Waals surface area contributed by atoms with Crippen LogP contribution < -0.4 is 14.9 Å². The third-order valence-electron chi connectivity index (χ3n) is 5.37. The van der Waals surface area contributed by atoms with Crippen LogP contribution >= 0.6 is 0 Å². The average Bonchev–Trinajstić information content (AvgIpc) is 2.87. The van der Waals surface area contributed by atoms with Crippen molar-refractivity contribution in [3.63, 3.8) is 0 Å². The van der Waals surface area contributed by atoms with Crippen LogP contribution in [0.1, 0.15) is 12.0 Å². The number of anilines is 1. The Morgan fingerprint density at radius 3 is 2.88 bits per heavy atom. The summed E-state index contributed by atoms with van der Waals surface area (Å²) in [7, 11) is 1.59. The molecule has 4 rings (SSSR count). The van der Waals surface area contributed by atoms with Gasteiger partial charge in [-0.05, 0) is 12.5 Å². The van der Waals surface area contributed by atoms with Gasteiger partial charge in [0.1, 0.15) is 6.33 Å². The molecule has 1 N–H and O–H groups in total. The Morgan fingerprint density at radius 1 is 1.24 bits per heavy atom. The zero-order chi connectivity index (χ0) is 23.8. The van der Waals surface area contributed by atoms with Crippen LogP contribution in [-0.4, -0.2) is 72.6 Å². The minimum Gasteiger partial charge on any atom is -0.493 e. The van der Waals surface area contributed by atoms with Crippen LogP contribution in [0.3, 0.4) is 0 Å². The summed E-state index contributed by atoms with van der Waals surface area (Å²) in [4.78, 5) is 21.5. The largest absolute Gasteiger partial charge is 0.493 e. The molecule has 0 unspecified atom stereocenters. The number of benzene rings is 2. The summed E-state index contributed by atoms with van der Waals surface area (Å²) in [5.74, 6) is 1.66. The molecule has 0 radical (unpaired) electrons. The van der Waals surface area contributed by atoms with E-state index < -0.39 is 4.92 Å². The van der Waals surface area contributed by atoms with Crippen molar-refractivity contribution in [3.05, 3.63) is 58.4 Å². The quantitative estimate of drug-likeness (QED) is 0.208. The highest BCUT2D eigenvalue weighted by atomic mass is 16.6. The molecule has 0 bridgehead atoms. The molecule has 0 saturated carbocycles. The van der Waals surface area contributed by atoms with Gasteiger partial charge in [-0.1, -0.05) is 12.1 Å². The third kappa shape index (κ3) is 5.94. The Morgan fingerprint density at radius 2 is 2.09 bits per heavy atom. The Kier molecular flexibility index (Phi) is 7.79. The number of aromatic nitrogens is 2. The first-order valence-corrected chi connectivity index (χ1v) is 10.9. The number of nitro benzene ring substituents is 1. The first kappa shape index (κ1) is 23.3. The molecule has 0 aliphatic carbocycles. The summed E-state index contributed by atoms with van der Waals surface area (Å²) >= 11 is 0. The minimum atomic E-state index is -0.446.